The van der Waals surface area contributed by atoms with Gasteiger partial charge in [-0.05, 0) is 58.3 Å². The van der Waals surface area contributed by atoms with E-state index in [1.807, 2.05) is 12.1 Å². The molecule has 0 unspecified atom stereocenters. The van der Waals surface area contributed by atoms with Gasteiger partial charge in [0.1, 0.15) is 11.2 Å². The molecule has 5 aromatic carbocycles. The van der Waals surface area contributed by atoms with E-state index in [-0.39, 0.29) is 0 Å². The summed E-state index contributed by atoms with van der Waals surface area (Å²) in [6.45, 7) is 0. The number of benzene rings is 5. The molecule has 0 aliphatic rings. The average Bonchev–Trinajstić information content (AvgIpc) is 3.36. The van der Waals surface area contributed by atoms with Gasteiger partial charge in [0.2, 0.25) is 0 Å². The predicted octanol–water partition coefficient (Wildman–Crippen LogP) is 8.04. The van der Waals surface area contributed by atoms with Gasteiger partial charge in [-0.25, -0.2) is 0 Å². The molecule has 0 radical (unpaired) electrons. The van der Waals surface area contributed by atoms with Crippen molar-refractivity contribution in [3.63, 3.8) is 0 Å². The van der Waals surface area contributed by atoms with E-state index in [9.17, 15) is 0 Å². The number of nitrogens with one attached hydrogen (secondary N) is 1. The van der Waals surface area contributed by atoms with Crippen LogP contribution in [0.15, 0.2) is 101 Å². The fourth-order valence-electron chi connectivity index (χ4n) is 4.75. The first kappa shape index (κ1) is 15.8. The first-order valence-corrected chi connectivity index (χ1v) is 10.2. The van der Waals surface area contributed by atoms with Gasteiger partial charge < -0.3 is 9.40 Å². The molecule has 0 saturated carbocycles. The maximum absolute atomic E-state index is 6.00. The molecular formula is C28H17NO. The topological polar surface area (TPSA) is 28.9 Å². The van der Waals surface area contributed by atoms with Gasteiger partial charge in [0.15, 0.2) is 0 Å². The maximum atomic E-state index is 6.00. The zero-order valence-corrected chi connectivity index (χ0v) is 16.1. The third-order valence-electron chi connectivity index (χ3n) is 6.20. The smallest absolute Gasteiger partial charge is 0.135 e. The highest BCUT2D eigenvalue weighted by Gasteiger charge is 2.11. The lowest BCUT2D eigenvalue weighted by atomic mass is 9.97. The van der Waals surface area contributed by atoms with Crippen LogP contribution in [0.3, 0.4) is 0 Å². The van der Waals surface area contributed by atoms with Crippen LogP contribution in [-0.4, -0.2) is 4.98 Å². The molecule has 0 aliphatic heterocycles. The van der Waals surface area contributed by atoms with E-state index in [1.54, 1.807) is 0 Å². The third kappa shape index (κ3) is 2.13. The second-order valence-electron chi connectivity index (χ2n) is 7.90. The van der Waals surface area contributed by atoms with Crippen LogP contribution in [0.1, 0.15) is 0 Å². The Hall–Kier alpha value is -4.04. The summed E-state index contributed by atoms with van der Waals surface area (Å²) in [4.78, 5) is 3.56. The first-order chi connectivity index (χ1) is 14.8. The summed E-state index contributed by atoms with van der Waals surface area (Å²) in [6, 6.07) is 34.4. The molecule has 0 fully saturated rings. The molecule has 7 rings (SSSR count). The zero-order chi connectivity index (χ0) is 19.7. The first-order valence-electron chi connectivity index (χ1n) is 10.2. The van der Waals surface area contributed by atoms with Crippen LogP contribution in [0.4, 0.5) is 0 Å². The van der Waals surface area contributed by atoms with Crippen LogP contribution in [0.5, 0.6) is 0 Å². The Balaban J connectivity index is 1.52. The highest BCUT2D eigenvalue weighted by atomic mass is 16.3. The van der Waals surface area contributed by atoms with E-state index in [2.05, 4.69) is 89.9 Å². The van der Waals surface area contributed by atoms with Gasteiger partial charge in [0.25, 0.3) is 0 Å². The molecular weight excluding hydrogens is 366 g/mol. The van der Waals surface area contributed by atoms with Crippen molar-refractivity contribution >= 4 is 54.5 Å². The molecule has 2 aromatic heterocycles. The largest absolute Gasteiger partial charge is 0.456 e. The van der Waals surface area contributed by atoms with E-state index in [1.165, 1.54) is 43.7 Å². The Kier molecular flexibility index (Phi) is 3.03. The Morgan fingerprint density at radius 3 is 2.13 bits per heavy atom. The molecule has 140 valence electrons. The number of aromatic amines is 1. The van der Waals surface area contributed by atoms with Gasteiger partial charge in [-0.15, -0.1) is 0 Å². The van der Waals surface area contributed by atoms with Gasteiger partial charge in [0, 0.05) is 32.6 Å². The van der Waals surface area contributed by atoms with E-state index < -0.39 is 0 Å². The zero-order valence-electron chi connectivity index (χ0n) is 16.1. The highest BCUT2D eigenvalue weighted by molar-refractivity contribution is 6.20. The third-order valence-corrected chi connectivity index (χ3v) is 6.20. The molecule has 30 heavy (non-hydrogen) atoms. The number of hydrogen-bond acceptors (Lipinski definition) is 1. The molecule has 0 saturated heterocycles. The summed E-state index contributed by atoms with van der Waals surface area (Å²) >= 11 is 0. The van der Waals surface area contributed by atoms with Crippen molar-refractivity contribution in [3.05, 3.63) is 97.1 Å². The number of fused-ring (bicyclic) bond motifs is 8. The summed E-state index contributed by atoms with van der Waals surface area (Å²) < 4.78 is 6.00. The second kappa shape index (κ2) is 5.74. The molecule has 2 nitrogen and oxygen atoms in total. The molecule has 0 amide bonds. The number of para-hydroxylation sites is 2. The fraction of sp³-hybridized carbons (Fsp3) is 0. The molecule has 1 N–H and O–H groups in total. The molecule has 0 spiro atoms. The van der Waals surface area contributed by atoms with E-state index in [0.717, 1.165) is 21.9 Å². The van der Waals surface area contributed by atoms with Crippen molar-refractivity contribution in [2.24, 2.45) is 0 Å². The normalized spacial score (nSPS) is 12.0. The number of hydrogen-bond donors (Lipinski definition) is 1. The lowest BCUT2D eigenvalue weighted by Gasteiger charge is -2.06. The minimum Gasteiger partial charge on any atom is -0.456 e. The van der Waals surface area contributed by atoms with Crippen LogP contribution in [0.25, 0.3) is 65.6 Å². The SMILES string of the molecule is c1ccc2c(c1)[nH]c1ccc3ccc(-c4ccc5oc6ccccc6c5c4)cc3c12. The Bertz CT molecular complexity index is 1750. The van der Waals surface area contributed by atoms with Gasteiger partial charge in [-0.3, -0.25) is 0 Å². The van der Waals surface area contributed by atoms with E-state index >= 15 is 0 Å². The number of H-pyrrole nitrogens is 1. The minimum atomic E-state index is 0.930. The second-order valence-corrected chi connectivity index (χ2v) is 7.90. The summed E-state index contributed by atoms with van der Waals surface area (Å²) in [5, 5.41) is 7.42. The molecule has 7 aromatic rings. The molecule has 2 heteroatoms. The molecule has 0 aliphatic carbocycles. The predicted molar refractivity (Wildman–Crippen MR) is 126 cm³/mol. The van der Waals surface area contributed by atoms with Gasteiger partial charge in [-0.1, -0.05) is 60.7 Å². The van der Waals surface area contributed by atoms with Gasteiger partial charge in [-0.2, -0.15) is 0 Å². The van der Waals surface area contributed by atoms with Crippen molar-refractivity contribution < 1.29 is 4.42 Å². The van der Waals surface area contributed by atoms with Crippen molar-refractivity contribution in [1.82, 2.24) is 4.98 Å². The van der Waals surface area contributed by atoms with Crippen LogP contribution < -0.4 is 0 Å². The molecule has 2 heterocycles. The fourth-order valence-corrected chi connectivity index (χ4v) is 4.75. The minimum absolute atomic E-state index is 0.930. The lowest BCUT2D eigenvalue weighted by Crippen LogP contribution is -1.81. The quantitative estimate of drug-likeness (QED) is 0.305. The summed E-state index contributed by atoms with van der Waals surface area (Å²) in [7, 11) is 0. The standard InChI is InChI=1S/C28H17NO/c1-3-7-24-21(6-1)28-22-15-18(10-9-17(22)11-13-25(28)29-24)19-12-14-27-23(16-19)20-5-2-4-8-26(20)30-27/h1-16,29H. The molecule has 0 bridgehead atoms. The van der Waals surface area contributed by atoms with Crippen LogP contribution in [0, 0.1) is 0 Å². The van der Waals surface area contributed by atoms with Gasteiger partial charge in [0.05, 0.1) is 0 Å². The van der Waals surface area contributed by atoms with Crippen molar-refractivity contribution in [1.29, 1.82) is 0 Å². The number of aromatic nitrogens is 1. The van der Waals surface area contributed by atoms with E-state index in [4.69, 9.17) is 4.42 Å². The van der Waals surface area contributed by atoms with Crippen LogP contribution in [0.2, 0.25) is 0 Å². The van der Waals surface area contributed by atoms with Crippen molar-refractivity contribution in [3.8, 4) is 11.1 Å². The maximum Gasteiger partial charge on any atom is 0.135 e. The summed E-state index contributed by atoms with van der Waals surface area (Å²) in [5.41, 5.74) is 6.64. The Morgan fingerprint density at radius 2 is 1.20 bits per heavy atom. The highest BCUT2D eigenvalue weighted by Crippen LogP contribution is 2.36. The number of rotatable bonds is 1. The Morgan fingerprint density at radius 1 is 0.500 bits per heavy atom. The van der Waals surface area contributed by atoms with Crippen molar-refractivity contribution in [2.45, 2.75) is 0 Å². The monoisotopic (exact) mass is 383 g/mol. The lowest BCUT2D eigenvalue weighted by molar-refractivity contribution is 0.669. The molecule has 0 atom stereocenters. The van der Waals surface area contributed by atoms with Crippen LogP contribution >= 0.6 is 0 Å². The Labute approximate surface area is 172 Å². The van der Waals surface area contributed by atoms with Crippen LogP contribution in [-0.2, 0) is 0 Å². The van der Waals surface area contributed by atoms with E-state index in [0.29, 0.717) is 0 Å². The van der Waals surface area contributed by atoms with Gasteiger partial charge >= 0.3 is 0 Å². The summed E-state index contributed by atoms with van der Waals surface area (Å²) in [6.07, 6.45) is 0. The van der Waals surface area contributed by atoms with Crippen molar-refractivity contribution in [2.75, 3.05) is 0 Å². The summed E-state index contributed by atoms with van der Waals surface area (Å²) in [5.74, 6) is 0. The number of furan rings is 1. The average molecular weight is 383 g/mol.